The Morgan fingerprint density at radius 2 is 2.10 bits per heavy atom. The van der Waals surface area contributed by atoms with E-state index in [1.807, 2.05) is 6.92 Å². The van der Waals surface area contributed by atoms with E-state index in [9.17, 15) is 4.57 Å². The van der Waals surface area contributed by atoms with Gasteiger partial charge in [0.2, 0.25) is 0 Å². The van der Waals surface area contributed by atoms with Crippen LogP contribution in [-0.4, -0.2) is 16.4 Å². The quantitative estimate of drug-likeness (QED) is 0.484. The Balaban J connectivity index is 3.38. The van der Waals surface area contributed by atoms with Gasteiger partial charge < -0.3 is 9.79 Å². The van der Waals surface area contributed by atoms with Gasteiger partial charge >= 0.3 is 7.82 Å². The van der Waals surface area contributed by atoms with Gasteiger partial charge in [-0.3, -0.25) is 4.52 Å². The topological polar surface area (TPSA) is 66.8 Å². The van der Waals surface area contributed by atoms with Crippen molar-refractivity contribution in [2.45, 2.75) is 13.3 Å². The molecule has 0 aromatic rings. The molecule has 0 spiro atoms. The van der Waals surface area contributed by atoms with E-state index < -0.39 is 7.82 Å². The van der Waals surface area contributed by atoms with Gasteiger partial charge in [0.15, 0.2) is 0 Å². The van der Waals surface area contributed by atoms with Crippen LogP contribution in [-0.2, 0) is 9.09 Å². The molecule has 0 aromatic carbocycles. The lowest BCUT2D eigenvalue weighted by atomic mass is 10.4. The zero-order chi connectivity index (χ0) is 8.04. The molecule has 60 valence electrons. The molecule has 0 radical (unpaired) electrons. The van der Waals surface area contributed by atoms with Crippen LogP contribution in [0.2, 0.25) is 0 Å². The molecule has 0 aliphatic heterocycles. The second-order valence-electron chi connectivity index (χ2n) is 1.67. The lowest BCUT2D eigenvalue weighted by Gasteiger charge is -1.99. The monoisotopic (exact) mass is 166 g/mol. The van der Waals surface area contributed by atoms with Crippen LogP contribution in [0.25, 0.3) is 0 Å². The molecule has 0 bridgehead atoms. The first-order valence-corrected chi connectivity index (χ1v) is 4.44. The van der Waals surface area contributed by atoms with Crippen LogP contribution in [0.3, 0.4) is 0 Å². The van der Waals surface area contributed by atoms with E-state index in [-0.39, 0.29) is 6.61 Å². The molecular formula is C5H11O4P. The molecule has 0 amide bonds. The van der Waals surface area contributed by atoms with E-state index in [1.54, 1.807) is 12.2 Å². The van der Waals surface area contributed by atoms with Crippen molar-refractivity contribution in [2.24, 2.45) is 0 Å². The molecular weight excluding hydrogens is 155 g/mol. The Labute approximate surface area is 59.8 Å². The molecule has 0 heterocycles. The van der Waals surface area contributed by atoms with Crippen LogP contribution < -0.4 is 0 Å². The van der Waals surface area contributed by atoms with E-state index in [0.29, 0.717) is 0 Å². The standard InChI is InChI=1S/C5H11O4P/c1-2-3-4-5-9-10(6,7)8/h3-4H,2,5H2,1H3,(H2,6,7,8). The summed E-state index contributed by atoms with van der Waals surface area (Å²) in [6.45, 7) is 1.89. The van der Waals surface area contributed by atoms with Gasteiger partial charge in [0.1, 0.15) is 0 Å². The largest absolute Gasteiger partial charge is 0.469 e. The molecule has 5 heteroatoms. The Bertz CT molecular complexity index is 148. The molecule has 0 saturated heterocycles. The fourth-order valence-corrected chi connectivity index (χ4v) is 0.655. The fourth-order valence-electron chi connectivity index (χ4n) is 0.375. The summed E-state index contributed by atoms with van der Waals surface area (Å²) in [4.78, 5) is 16.3. The normalized spacial score (nSPS) is 12.7. The summed E-state index contributed by atoms with van der Waals surface area (Å²) in [5, 5.41) is 0. The van der Waals surface area contributed by atoms with E-state index in [4.69, 9.17) is 9.79 Å². The Hall–Kier alpha value is -0.150. The minimum absolute atomic E-state index is 0.0296. The third kappa shape index (κ3) is 7.85. The summed E-state index contributed by atoms with van der Waals surface area (Å²) in [5.74, 6) is 0. The second kappa shape index (κ2) is 4.63. The van der Waals surface area contributed by atoms with Gasteiger partial charge in [-0.2, -0.15) is 0 Å². The predicted octanol–water partition coefficient (Wildman–Crippen LogP) is 1.06. The Morgan fingerprint density at radius 1 is 1.50 bits per heavy atom. The number of hydrogen-bond acceptors (Lipinski definition) is 2. The van der Waals surface area contributed by atoms with Crippen molar-refractivity contribution in [1.29, 1.82) is 0 Å². The first-order valence-electron chi connectivity index (χ1n) is 2.91. The van der Waals surface area contributed by atoms with Crippen molar-refractivity contribution in [2.75, 3.05) is 6.61 Å². The Kier molecular flexibility index (Phi) is 4.56. The zero-order valence-electron chi connectivity index (χ0n) is 5.73. The molecule has 0 unspecified atom stereocenters. The third-order valence-electron chi connectivity index (χ3n) is 0.741. The van der Waals surface area contributed by atoms with Crippen LogP contribution in [0.1, 0.15) is 13.3 Å². The molecule has 0 aliphatic carbocycles. The van der Waals surface area contributed by atoms with E-state index >= 15 is 0 Å². The van der Waals surface area contributed by atoms with Crippen LogP contribution in [0.5, 0.6) is 0 Å². The minimum atomic E-state index is -4.26. The number of phosphoric acid groups is 1. The third-order valence-corrected chi connectivity index (χ3v) is 1.23. The molecule has 0 saturated carbocycles. The Morgan fingerprint density at radius 3 is 2.50 bits per heavy atom. The molecule has 0 aromatic heterocycles. The minimum Gasteiger partial charge on any atom is -0.303 e. The highest BCUT2D eigenvalue weighted by Crippen LogP contribution is 2.35. The first kappa shape index (κ1) is 9.85. The van der Waals surface area contributed by atoms with Crippen molar-refractivity contribution in [3.05, 3.63) is 12.2 Å². The SMILES string of the molecule is CCC=CCOP(=O)(O)O. The number of rotatable bonds is 4. The molecule has 0 rings (SSSR count). The molecule has 0 aliphatic rings. The second-order valence-corrected chi connectivity index (χ2v) is 2.91. The molecule has 10 heavy (non-hydrogen) atoms. The lowest BCUT2D eigenvalue weighted by Crippen LogP contribution is -1.86. The average molecular weight is 166 g/mol. The molecule has 0 atom stereocenters. The zero-order valence-corrected chi connectivity index (χ0v) is 6.62. The summed E-state index contributed by atoms with van der Waals surface area (Å²) in [7, 11) is -4.26. The van der Waals surface area contributed by atoms with Gasteiger partial charge in [0, 0.05) is 0 Å². The predicted molar refractivity (Wildman–Crippen MR) is 37.4 cm³/mol. The average Bonchev–Trinajstić information content (AvgIpc) is 1.78. The first-order chi connectivity index (χ1) is 4.56. The fraction of sp³-hybridized carbons (Fsp3) is 0.600. The highest BCUT2D eigenvalue weighted by molar-refractivity contribution is 7.46. The maximum Gasteiger partial charge on any atom is 0.469 e. The van der Waals surface area contributed by atoms with Crippen LogP contribution in [0, 0.1) is 0 Å². The van der Waals surface area contributed by atoms with Gasteiger partial charge in [-0.25, -0.2) is 4.57 Å². The molecule has 0 fully saturated rings. The van der Waals surface area contributed by atoms with Gasteiger partial charge in [0.25, 0.3) is 0 Å². The van der Waals surface area contributed by atoms with Crippen molar-refractivity contribution in [3.8, 4) is 0 Å². The van der Waals surface area contributed by atoms with Crippen LogP contribution in [0.15, 0.2) is 12.2 Å². The highest BCUT2D eigenvalue weighted by atomic mass is 31.2. The summed E-state index contributed by atoms with van der Waals surface area (Å²) >= 11 is 0. The summed E-state index contributed by atoms with van der Waals surface area (Å²) in [5.41, 5.74) is 0. The van der Waals surface area contributed by atoms with Crippen molar-refractivity contribution in [1.82, 2.24) is 0 Å². The summed E-state index contributed by atoms with van der Waals surface area (Å²) in [6.07, 6.45) is 4.18. The van der Waals surface area contributed by atoms with Crippen molar-refractivity contribution >= 4 is 7.82 Å². The summed E-state index contributed by atoms with van der Waals surface area (Å²) < 4.78 is 14.1. The van der Waals surface area contributed by atoms with Gasteiger partial charge in [-0.05, 0) is 6.42 Å². The highest BCUT2D eigenvalue weighted by Gasteiger charge is 2.10. The van der Waals surface area contributed by atoms with E-state index in [2.05, 4.69) is 4.52 Å². The number of phosphoric ester groups is 1. The number of hydrogen-bond donors (Lipinski definition) is 2. The van der Waals surface area contributed by atoms with Crippen molar-refractivity contribution < 1.29 is 18.9 Å². The van der Waals surface area contributed by atoms with Gasteiger partial charge in [-0.1, -0.05) is 19.1 Å². The number of allylic oxidation sites excluding steroid dienone is 1. The summed E-state index contributed by atoms with van der Waals surface area (Å²) in [6, 6.07) is 0. The van der Waals surface area contributed by atoms with E-state index in [0.717, 1.165) is 6.42 Å². The maximum absolute atomic E-state index is 10.0. The van der Waals surface area contributed by atoms with Crippen LogP contribution in [0.4, 0.5) is 0 Å². The smallest absolute Gasteiger partial charge is 0.303 e. The molecule has 4 nitrogen and oxygen atoms in total. The van der Waals surface area contributed by atoms with Gasteiger partial charge in [-0.15, -0.1) is 0 Å². The van der Waals surface area contributed by atoms with Crippen LogP contribution >= 0.6 is 7.82 Å². The molecule has 2 N–H and O–H groups in total. The van der Waals surface area contributed by atoms with E-state index in [1.165, 1.54) is 0 Å². The van der Waals surface area contributed by atoms with Crippen molar-refractivity contribution in [3.63, 3.8) is 0 Å². The maximum atomic E-state index is 10.0. The lowest BCUT2D eigenvalue weighted by molar-refractivity contribution is 0.215. The van der Waals surface area contributed by atoms with Gasteiger partial charge in [0.05, 0.1) is 6.61 Å².